The molecule has 7 nitrogen and oxygen atoms in total. The van der Waals surface area contributed by atoms with Gasteiger partial charge in [0.05, 0.1) is 11.5 Å². The molecule has 1 aromatic heterocycles. The molecular formula is C15H16N4O3. The van der Waals surface area contributed by atoms with Crippen molar-refractivity contribution in [2.75, 3.05) is 18.1 Å². The minimum absolute atomic E-state index is 0.0244. The van der Waals surface area contributed by atoms with E-state index in [1.165, 1.54) is 17.5 Å². The Morgan fingerprint density at radius 3 is 2.82 bits per heavy atom. The first-order valence-corrected chi connectivity index (χ1v) is 7.14. The van der Waals surface area contributed by atoms with Gasteiger partial charge in [-0.05, 0) is 24.5 Å². The molecule has 2 aromatic rings. The van der Waals surface area contributed by atoms with E-state index in [4.69, 9.17) is 4.74 Å². The second-order valence-corrected chi connectivity index (χ2v) is 4.98. The molecule has 0 amide bonds. The molecule has 22 heavy (non-hydrogen) atoms. The average molecular weight is 300 g/mol. The lowest BCUT2D eigenvalue weighted by atomic mass is 10.00. The molecule has 0 radical (unpaired) electrons. The molecule has 3 rings (SSSR count). The molecule has 0 spiro atoms. The fourth-order valence-electron chi connectivity index (χ4n) is 2.66. The molecule has 7 heteroatoms. The van der Waals surface area contributed by atoms with Crippen LogP contribution in [0.25, 0.3) is 0 Å². The Morgan fingerprint density at radius 2 is 2.09 bits per heavy atom. The molecule has 0 unspecified atom stereocenters. The van der Waals surface area contributed by atoms with E-state index in [1.54, 1.807) is 6.92 Å². The summed E-state index contributed by atoms with van der Waals surface area (Å²) in [5, 5.41) is 11.4. The molecule has 0 N–H and O–H groups in total. The van der Waals surface area contributed by atoms with Gasteiger partial charge in [0.25, 0.3) is 5.88 Å². The quantitative estimate of drug-likeness (QED) is 0.637. The Kier molecular flexibility index (Phi) is 3.86. The Morgan fingerprint density at radius 1 is 1.32 bits per heavy atom. The zero-order valence-electron chi connectivity index (χ0n) is 12.2. The number of fused-ring (bicyclic) bond motifs is 1. The van der Waals surface area contributed by atoms with Gasteiger partial charge < -0.3 is 9.64 Å². The molecule has 0 aliphatic carbocycles. The van der Waals surface area contributed by atoms with Gasteiger partial charge in [0, 0.05) is 13.1 Å². The van der Waals surface area contributed by atoms with Gasteiger partial charge in [0.1, 0.15) is 6.33 Å². The summed E-state index contributed by atoms with van der Waals surface area (Å²) in [4.78, 5) is 20.9. The summed E-state index contributed by atoms with van der Waals surface area (Å²) in [7, 11) is 0. The van der Waals surface area contributed by atoms with Crippen molar-refractivity contribution < 1.29 is 9.66 Å². The third-order valence-corrected chi connectivity index (χ3v) is 3.66. The lowest BCUT2D eigenvalue weighted by Gasteiger charge is -2.29. The van der Waals surface area contributed by atoms with Crippen molar-refractivity contribution in [1.82, 2.24) is 9.97 Å². The van der Waals surface area contributed by atoms with Crippen LogP contribution >= 0.6 is 0 Å². The number of nitrogens with zero attached hydrogens (tertiary/aromatic N) is 4. The van der Waals surface area contributed by atoms with Gasteiger partial charge >= 0.3 is 5.69 Å². The zero-order valence-corrected chi connectivity index (χ0v) is 12.2. The van der Waals surface area contributed by atoms with Crippen molar-refractivity contribution in [3.05, 3.63) is 51.8 Å². The Hall–Kier alpha value is -2.70. The monoisotopic (exact) mass is 300 g/mol. The smallest absolute Gasteiger partial charge is 0.372 e. The van der Waals surface area contributed by atoms with Crippen molar-refractivity contribution in [3.63, 3.8) is 0 Å². The first-order valence-electron chi connectivity index (χ1n) is 7.14. The molecule has 0 bridgehead atoms. The van der Waals surface area contributed by atoms with Crippen molar-refractivity contribution in [2.24, 2.45) is 0 Å². The Labute approximate surface area is 127 Å². The second-order valence-electron chi connectivity index (χ2n) is 4.98. The number of rotatable bonds is 4. The maximum Gasteiger partial charge on any atom is 0.372 e. The summed E-state index contributed by atoms with van der Waals surface area (Å²) in [6, 6.07) is 8.11. The third kappa shape index (κ3) is 2.57. The van der Waals surface area contributed by atoms with E-state index in [0.29, 0.717) is 25.5 Å². The predicted molar refractivity (Wildman–Crippen MR) is 81.1 cm³/mol. The summed E-state index contributed by atoms with van der Waals surface area (Å²) in [5.41, 5.74) is 2.28. The molecule has 2 heterocycles. The van der Waals surface area contributed by atoms with Crippen LogP contribution in [-0.2, 0) is 13.0 Å². The van der Waals surface area contributed by atoms with E-state index in [1.807, 2.05) is 23.1 Å². The summed E-state index contributed by atoms with van der Waals surface area (Å²) in [6.07, 6.45) is 2.15. The van der Waals surface area contributed by atoms with E-state index in [9.17, 15) is 10.1 Å². The highest BCUT2D eigenvalue weighted by molar-refractivity contribution is 5.63. The van der Waals surface area contributed by atoms with Crippen LogP contribution in [-0.4, -0.2) is 28.0 Å². The van der Waals surface area contributed by atoms with Gasteiger partial charge in [-0.2, -0.15) is 4.98 Å². The first-order chi connectivity index (χ1) is 10.7. The van der Waals surface area contributed by atoms with E-state index in [0.717, 1.165) is 6.42 Å². The van der Waals surface area contributed by atoms with Gasteiger partial charge in [0.15, 0.2) is 0 Å². The van der Waals surface area contributed by atoms with Crippen molar-refractivity contribution >= 4 is 11.5 Å². The van der Waals surface area contributed by atoms with E-state index < -0.39 is 4.92 Å². The summed E-state index contributed by atoms with van der Waals surface area (Å²) in [6.45, 7) is 3.36. The number of hydrogen-bond donors (Lipinski definition) is 0. The van der Waals surface area contributed by atoms with Crippen LogP contribution in [0.5, 0.6) is 5.88 Å². The molecule has 1 aromatic carbocycles. The van der Waals surface area contributed by atoms with Gasteiger partial charge in [0.2, 0.25) is 5.82 Å². The van der Waals surface area contributed by atoms with Crippen LogP contribution in [0, 0.1) is 10.1 Å². The molecule has 0 saturated heterocycles. The standard InChI is InChI=1S/C15H16N4O3/c1-2-22-15-13(19(20)21)14(16-10-17-15)18-8-7-11-5-3-4-6-12(11)9-18/h3-6,10H,2,7-9H2,1H3. The predicted octanol–water partition coefficient (Wildman–Crippen LogP) is 2.35. The minimum atomic E-state index is -0.471. The molecule has 1 aliphatic heterocycles. The van der Waals surface area contributed by atoms with E-state index in [2.05, 4.69) is 16.0 Å². The molecule has 0 atom stereocenters. The number of ether oxygens (including phenoxy) is 1. The third-order valence-electron chi connectivity index (χ3n) is 3.66. The average Bonchev–Trinajstić information content (AvgIpc) is 2.54. The van der Waals surface area contributed by atoms with Crippen LogP contribution in [0.2, 0.25) is 0 Å². The maximum atomic E-state index is 11.4. The van der Waals surface area contributed by atoms with Gasteiger partial charge in [-0.3, -0.25) is 10.1 Å². The van der Waals surface area contributed by atoms with Crippen LogP contribution in [0.15, 0.2) is 30.6 Å². The fraction of sp³-hybridized carbons (Fsp3) is 0.333. The van der Waals surface area contributed by atoms with Crippen molar-refractivity contribution in [2.45, 2.75) is 19.9 Å². The number of aromatic nitrogens is 2. The van der Waals surface area contributed by atoms with Gasteiger partial charge in [-0.1, -0.05) is 24.3 Å². The topological polar surface area (TPSA) is 81.4 Å². The van der Waals surface area contributed by atoms with Gasteiger partial charge in [-0.25, -0.2) is 4.98 Å². The lowest BCUT2D eigenvalue weighted by molar-refractivity contribution is -0.385. The zero-order chi connectivity index (χ0) is 15.5. The summed E-state index contributed by atoms with van der Waals surface area (Å²) < 4.78 is 5.28. The molecule has 114 valence electrons. The SMILES string of the molecule is CCOc1ncnc(N2CCc3ccccc3C2)c1[N+](=O)[O-]. The summed E-state index contributed by atoms with van der Waals surface area (Å²) in [5.74, 6) is 0.342. The first kappa shape index (κ1) is 14.2. The maximum absolute atomic E-state index is 11.4. The number of anilines is 1. The molecule has 0 fully saturated rings. The number of benzene rings is 1. The van der Waals surface area contributed by atoms with Crippen LogP contribution in [0.1, 0.15) is 18.1 Å². The van der Waals surface area contributed by atoms with Crippen molar-refractivity contribution in [1.29, 1.82) is 0 Å². The van der Waals surface area contributed by atoms with Crippen LogP contribution < -0.4 is 9.64 Å². The Bertz CT molecular complexity index is 705. The fourth-order valence-corrected chi connectivity index (χ4v) is 2.66. The minimum Gasteiger partial charge on any atom is -0.473 e. The highest BCUT2D eigenvalue weighted by atomic mass is 16.6. The van der Waals surface area contributed by atoms with E-state index >= 15 is 0 Å². The summed E-state index contributed by atoms with van der Waals surface area (Å²) >= 11 is 0. The molecular weight excluding hydrogens is 284 g/mol. The highest BCUT2D eigenvalue weighted by Crippen LogP contribution is 2.35. The second kappa shape index (κ2) is 5.97. The molecule has 1 aliphatic rings. The Balaban J connectivity index is 1.99. The van der Waals surface area contributed by atoms with E-state index in [-0.39, 0.29) is 11.6 Å². The van der Waals surface area contributed by atoms with Crippen molar-refractivity contribution in [3.8, 4) is 5.88 Å². The molecule has 0 saturated carbocycles. The number of hydrogen-bond acceptors (Lipinski definition) is 6. The highest BCUT2D eigenvalue weighted by Gasteiger charge is 2.29. The largest absolute Gasteiger partial charge is 0.473 e. The lowest BCUT2D eigenvalue weighted by Crippen LogP contribution is -2.31. The van der Waals surface area contributed by atoms with Crippen LogP contribution in [0.4, 0.5) is 11.5 Å². The normalized spacial score (nSPS) is 13.6. The van der Waals surface area contributed by atoms with Gasteiger partial charge in [-0.15, -0.1) is 0 Å². The number of nitro groups is 1. The van der Waals surface area contributed by atoms with Crippen LogP contribution in [0.3, 0.4) is 0 Å².